The summed E-state index contributed by atoms with van der Waals surface area (Å²) in [5.41, 5.74) is 2.95. The number of carbonyl (C=O) groups is 2. The van der Waals surface area contributed by atoms with Gasteiger partial charge in [0.15, 0.2) is 0 Å². The number of ether oxygens (including phenoxy) is 1. The summed E-state index contributed by atoms with van der Waals surface area (Å²) < 4.78 is 11.9. The number of carbonyl (C=O) groups excluding carboxylic acids is 2. The Balaban J connectivity index is 1.77. The smallest absolute Gasteiger partial charge is 0.338 e. The standard InChI is InChI=1S/C24H22ClN5O4/c1-15-19(22(28-34-15)16-7-5-4-6-8-16)12-30(14-21-20(25)13-29(2)27-21)23(31)18-11-26-10-9-17(18)24(32)33-3/h4-11,13H,12,14H2,1-3H3. The number of nitrogens with zero attached hydrogens (tertiary/aromatic N) is 5. The topological polar surface area (TPSA) is 103 Å². The molecule has 0 aliphatic rings. The van der Waals surface area contributed by atoms with E-state index in [0.717, 1.165) is 11.1 Å². The molecule has 0 radical (unpaired) electrons. The number of amides is 1. The van der Waals surface area contributed by atoms with E-state index in [1.54, 1.807) is 24.9 Å². The molecule has 0 aliphatic heterocycles. The summed E-state index contributed by atoms with van der Waals surface area (Å²) in [6.07, 6.45) is 4.43. The molecule has 1 amide bonds. The van der Waals surface area contributed by atoms with E-state index in [4.69, 9.17) is 20.9 Å². The molecule has 10 heteroatoms. The largest absolute Gasteiger partial charge is 0.465 e. The molecule has 1 aromatic carbocycles. The number of methoxy groups -OCH3 is 1. The Morgan fingerprint density at radius 1 is 1.15 bits per heavy atom. The minimum absolute atomic E-state index is 0.0901. The second-order valence-electron chi connectivity index (χ2n) is 7.60. The van der Waals surface area contributed by atoms with Gasteiger partial charge in [-0.1, -0.05) is 47.1 Å². The molecule has 34 heavy (non-hydrogen) atoms. The fourth-order valence-electron chi connectivity index (χ4n) is 3.61. The lowest BCUT2D eigenvalue weighted by Crippen LogP contribution is -2.32. The van der Waals surface area contributed by atoms with Crippen molar-refractivity contribution < 1.29 is 18.8 Å². The zero-order chi connectivity index (χ0) is 24.2. The highest BCUT2D eigenvalue weighted by molar-refractivity contribution is 6.31. The van der Waals surface area contributed by atoms with E-state index in [9.17, 15) is 9.59 Å². The summed E-state index contributed by atoms with van der Waals surface area (Å²) in [4.78, 5) is 31.6. The second kappa shape index (κ2) is 9.88. The van der Waals surface area contributed by atoms with Gasteiger partial charge in [0.05, 0.1) is 36.3 Å². The number of pyridine rings is 1. The van der Waals surface area contributed by atoms with Crippen molar-refractivity contribution in [3.8, 4) is 11.3 Å². The molecule has 0 atom stereocenters. The fraction of sp³-hybridized carbons (Fsp3) is 0.208. The highest BCUT2D eigenvalue weighted by Gasteiger charge is 2.27. The van der Waals surface area contributed by atoms with Crippen LogP contribution in [0.2, 0.25) is 5.02 Å². The summed E-state index contributed by atoms with van der Waals surface area (Å²) in [6, 6.07) is 11.0. The van der Waals surface area contributed by atoms with Crippen LogP contribution in [0.3, 0.4) is 0 Å². The first kappa shape index (κ1) is 23.2. The van der Waals surface area contributed by atoms with Crippen molar-refractivity contribution in [2.45, 2.75) is 20.0 Å². The molecule has 0 N–H and O–H groups in total. The van der Waals surface area contributed by atoms with Crippen LogP contribution in [0, 0.1) is 6.92 Å². The molecular formula is C24H22ClN5O4. The van der Waals surface area contributed by atoms with E-state index in [2.05, 4.69) is 15.2 Å². The molecule has 4 aromatic rings. The Kier molecular flexibility index (Phi) is 6.74. The monoisotopic (exact) mass is 479 g/mol. The summed E-state index contributed by atoms with van der Waals surface area (Å²) in [6.45, 7) is 2.02. The van der Waals surface area contributed by atoms with Gasteiger partial charge in [-0.25, -0.2) is 4.79 Å². The van der Waals surface area contributed by atoms with Crippen molar-refractivity contribution in [3.05, 3.63) is 88.2 Å². The number of esters is 1. The molecule has 4 rings (SSSR count). The van der Waals surface area contributed by atoms with Crippen LogP contribution in [0.15, 0.2) is 59.5 Å². The van der Waals surface area contributed by atoms with Gasteiger partial charge in [0.25, 0.3) is 5.91 Å². The molecule has 0 unspecified atom stereocenters. The van der Waals surface area contributed by atoms with Crippen LogP contribution in [0.5, 0.6) is 0 Å². The molecule has 0 saturated carbocycles. The average molecular weight is 480 g/mol. The van der Waals surface area contributed by atoms with Crippen LogP contribution in [0.1, 0.15) is 37.7 Å². The van der Waals surface area contributed by atoms with Crippen molar-refractivity contribution in [3.63, 3.8) is 0 Å². The van der Waals surface area contributed by atoms with Gasteiger partial charge in [0.2, 0.25) is 0 Å². The van der Waals surface area contributed by atoms with Gasteiger partial charge in [-0.15, -0.1) is 0 Å². The maximum atomic E-state index is 13.7. The fourth-order valence-corrected chi connectivity index (χ4v) is 3.85. The second-order valence-corrected chi connectivity index (χ2v) is 8.01. The molecule has 0 saturated heterocycles. The molecule has 174 valence electrons. The van der Waals surface area contributed by atoms with Gasteiger partial charge in [-0.2, -0.15) is 5.10 Å². The van der Waals surface area contributed by atoms with E-state index in [0.29, 0.717) is 22.2 Å². The van der Waals surface area contributed by atoms with Crippen molar-refractivity contribution in [1.29, 1.82) is 0 Å². The number of benzene rings is 1. The van der Waals surface area contributed by atoms with Crippen molar-refractivity contribution >= 4 is 23.5 Å². The molecule has 0 aliphatic carbocycles. The first-order valence-electron chi connectivity index (χ1n) is 10.4. The van der Waals surface area contributed by atoms with Crippen LogP contribution in [-0.2, 0) is 24.9 Å². The molecule has 9 nitrogen and oxygen atoms in total. The summed E-state index contributed by atoms with van der Waals surface area (Å²) in [5, 5.41) is 9.01. The van der Waals surface area contributed by atoms with Crippen LogP contribution >= 0.6 is 11.6 Å². The van der Waals surface area contributed by atoms with E-state index in [1.165, 1.54) is 30.5 Å². The number of hydrogen-bond donors (Lipinski definition) is 0. The van der Waals surface area contributed by atoms with Crippen LogP contribution in [0.4, 0.5) is 0 Å². The Morgan fingerprint density at radius 2 is 1.91 bits per heavy atom. The van der Waals surface area contributed by atoms with E-state index in [-0.39, 0.29) is 24.2 Å². The predicted octanol–water partition coefficient (Wildman–Crippen LogP) is 4.06. The molecule has 0 fully saturated rings. The van der Waals surface area contributed by atoms with Crippen LogP contribution in [-0.4, -0.2) is 43.8 Å². The average Bonchev–Trinajstić information content (AvgIpc) is 3.38. The van der Waals surface area contributed by atoms with Crippen LogP contribution < -0.4 is 0 Å². The Labute approximate surface area is 200 Å². The van der Waals surface area contributed by atoms with Crippen molar-refractivity contribution in [1.82, 2.24) is 24.8 Å². The van der Waals surface area contributed by atoms with Gasteiger partial charge in [-0.3, -0.25) is 14.5 Å². The van der Waals surface area contributed by atoms with Crippen molar-refractivity contribution in [2.24, 2.45) is 7.05 Å². The maximum absolute atomic E-state index is 13.7. The molecule has 0 bridgehead atoms. The normalized spacial score (nSPS) is 10.8. The maximum Gasteiger partial charge on any atom is 0.338 e. The predicted molar refractivity (Wildman–Crippen MR) is 124 cm³/mol. The third kappa shape index (κ3) is 4.69. The van der Waals surface area contributed by atoms with Crippen LogP contribution in [0.25, 0.3) is 11.3 Å². The Hall–Kier alpha value is -3.98. The quantitative estimate of drug-likeness (QED) is 0.368. The number of hydrogen-bond acceptors (Lipinski definition) is 7. The summed E-state index contributed by atoms with van der Waals surface area (Å²) in [7, 11) is 3.00. The number of aryl methyl sites for hydroxylation is 2. The number of halogens is 1. The van der Waals surface area contributed by atoms with Gasteiger partial charge in [0, 0.05) is 36.8 Å². The van der Waals surface area contributed by atoms with Gasteiger partial charge in [0.1, 0.15) is 17.1 Å². The van der Waals surface area contributed by atoms with Gasteiger partial charge >= 0.3 is 5.97 Å². The molecule has 3 heterocycles. The van der Waals surface area contributed by atoms with Gasteiger partial charge in [-0.05, 0) is 13.0 Å². The van der Waals surface area contributed by atoms with E-state index >= 15 is 0 Å². The van der Waals surface area contributed by atoms with Gasteiger partial charge < -0.3 is 14.2 Å². The number of aromatic nitrogens is 4. The Morgan fingerprint density at radius 3 is 2.59 bits per heavy atom. The molecule has 0 spiro atoms. The highest BCUT2D eigenvalue weighted by atomic mass is 35.5. The highest BCUT2D eigenvalue weighted by Crippen LogP contribution is 2.28. The first-order chi connectivity index (χ1) is 16.4. The number of rotatable bonds is 7. The Bertz CT molecular complexity index is 1330. The zero-order valence-corrected chi connectivity index (χ0v) is 19.6. The third-order valence-electron chi connectivity index (χ3n) is 5.32. The first-order valence-corrected chi connectivity index (χ1v) is 10.8. The SMILES string of the molecule is COC(=O)c1ccncc1C(=O)N(Cc1nn(C)cc1Cl)Cc1c(-c2ccccc2)noc1C. The molecular weight excluding hydrogens is 458 g/mol. The lowest BCUT2D eigenvalue weighted by atomic mass is 10.0. The zero-order valence-electron chi connectivity index (χ0n) is 18.9. The summed E-state index contributed by atoms with van der Waals surface area (Å²) >= 11 is 6.35. The van der Waals surface area contributed by atoms with E-state index in [1.807, 2.05) is 30.3 Å². The lowest BCUT2D eigenvalue weighted by Gasteiger charge is -2.23. The minimum atomic E-state index is -0.632. The third-order valence-corrected chi connectivity index (χ3v) is 5.64. The van der Waals surface area contributed by atoms with E-state index < -0.39 is 11.9 Å². The molecule has 3 aromatic heterocycles. The lowest BCUT2D eigenvalue weighted by molar-refractivity contribution is 0.0587. The summed E-state index contributed by atoms with van der Waals surface area (Å²) in [5.74, 6) is -0.495. The minimum Gasteiger partial charge on any atom is -0.465 e. The van der Waals surface area contributed by atoms with Crippen molar-refractivity contribution in [2.75, 3.05) is 7.11 Å².